The molecule has 2 heterocycles. The Labute approximate surface area is 135 Å². The lowest BCUT2D eigenvalue weighted by Crippen LogP contribution is -2.46. The van der Waals surface area contributed by atoms with E-state index >= 15 is 0 Å². The normalized spacial score (nSPS) is 16.5. The second-order valence-electron chi connectivity index (χ2n) is 5.92. The van der Waals surface area contributed by atoms with Crippen molar-refractivity contribution in [3.05, 3.63) is 41.0 Å². The van der Waals surface area contributed by atoms with Crippen LogP contribution in [0, 0.1) is 0 Å². The number of piperazine rings is 1. The van der Waals surface area contributed by atoms with Gasteiger partial charge in [-0.1, -0.05) is 42.7 Å². The molecular formula is C16H21ClN4O. The summed E-state index contributed by atoms with van der Waals surface area (Å²) in [5.74, 6) is 1.79. The van der Waals surface area contributed by atoms with Crippen LogP contribution in [-0.4, -0.2) is 41.2 Å². The molecule has 6 heteroatoms. The Morgan fingerprint density at radius 2 is 1.91 bits per heavy atom. The molecule has 1 aliphatic rings. The van der Waals surface area contributed by atoms with Crippen molar-refractivity contribution in [2.45, 2.75) is 26.3 Å². The van der Waals surface area contributed by atoms with Crippen LogP contribution in [0.1, 0.15) is 31.5 Å². The molecule has 0 saturated carbocycles. The molecule has 22 heavy (non-hydrogen) atoms. The van der Waals surface area contributed by atoms with Crippen molar-refractivity contribution in [1.82, 2.24) is 15.0 Å². The molecule has 118 valence electrons. The van der Waals surface area contributed by atoms with E-state index in [0.29, 0.717) is 11.8 Å². The number of nitrogens with zero attached hydrogens (tertiary/aromatic N) is 4. The van der Waals surface area contributed by atoms with Crippen molar-refractivity contribution in [1.29, 1.82) is 0 Å². The zero-order valence-corrected chi connectivity index (χ0v) is 13.8. The number of halogens is 1. The molecule has 0 N–H and O–H groups in total. The zero-order chi connectivity index (χ0) is 15.5. The summed E-state index contributed by atoms with van der Waals surface area (Å²) in [6, 6.07) is 8.00. The maximum Gasteiger partial charge on any atom is 0.240 e. The van der Waals surface area contributed by atoms with Crippen molar-refractivity contribution >= 4 is 17.3 Å². The summed E-state index contributed by atoms with van der Waals surface area (Å²) in [4.78, 5) is 9.10. The maximum absolute atomic E-state index is 6.27. The molecule has 1 aromatic carbocycles. The summed E-state index contributed by atoms with van der Waals surface area (Å²) in [5, 5.41) is 4.83. The van der Waals surface area contributed by atoms with Gasteiger partial charge in [0.1, 0.15) is 0 Å². The molecule has 0 amide bonds. The highest BCUT2D eigenvalue weighted by molar-refractivity contribution is 6.33. The van der Waals surface area contributed by atoms with E-state index in [9.17, 15) is 0 Å². The Kier molecular flexibility index (Phi) is 4.64. The van der Waals surface area contributed by atoms with Gasteiger partial charge in [-0.3, -0.25) is 4.90 Å². The van der Waals surface area contributed by atoms with E-state index in [-0.39, 0.29) is 0 Å². The minimum Gasteiger partial charge on any atom is -0.368 e. The molecule has 0 unspecified atom stereocenters. The third-order valence-corrected chi connectivity index (χ3v) is 4.24. The highest BCUT2D eigenvalue weighted by Gasteiger charge is 2.20. The maximum atomic E-state index is 6.27. The predicted molar refractivity (Wildman–Crippen MR) is 87.3 cm³/mol. The SMILES string of the molecule is CC(C)c1noc(CN2CCN(c3ccccc3Cl)CC2)n1. The van der Waals surface area contributed by atoms with Gasteiger partial charge in [0.05, 0.1) is 17.3 Å². The summed E-state index contributed by atoms with van der Waals surface area (Å²) in [5.41, 5.74) is 1.11. The summed E-state index contributed by atoms with van der Waals surface area (Å²) in [7, 11) is 0. The van der Waals surface area contributed by atoms with Crippen molar-refractivity contribution in [2.24, 2.45) is 0 Å². The van der Waals surface area contributed by atoms with E-state index in [1.54, 1.807) is 0 Å². The standard InChI is InChI=1S/C16H21ClN4O/c1-12(2)16-18-15(22-19-16)11-20-7-9-21(10-8-20)14-6-4-3-5-13(14)17/h3-6,12H,7-11H2,1-2H3. The van der Waals surface area contributed by atoms with E-state index in [4.69, 9.17) is 16.1 Å². The van der Waals surface area contributed by atoms with E-state index in [0.717, 1.165) is 49.3 Å². The smallest absolute Gasteiger partial charge is 0.240 e. The number of rotatable bonds is 4. The van der Waals surface area contributed by atoms with E-state index in [1.165, 1.54) is 0 Å². The largest absolute Gasteiger partial charge is 0.368 e. The molecule has 1 aliphatic heterocycles. The van der Waals surface area contributed by atoms with Gasteiger partial charge in [-0.25, -0.2) is 0 Å². The molecule has 0 atom stereocenters. The lowest BCUT2D eigenvalue weighted by molar-refractivity contribution is 0.215. The van der Waals surface area contributed by atoms with Crippen LogP contribution in [0.2, 0.25) is 5.02 Å². The quantitative estimate of drug-likeness (QED) is 0.866. The summed E-state index contributed by atoms with van der Waals surface area (Å²) < 4.78 is 5.32. The van der Waals surface area contributed by atoms with Crippen LogP contribution >= 0.6 is 11.6 Å². The van der Waals surface area contributed by atoms with E-state index in [1.807, 2.05) is 18.2 Å². The third kappa shape index (κ3) is 3.42. The molecule has 3 rings (SSSR count). The fourth-order valence-electron chi connectivity index (χ4n) is 2.61. The lowest BCUT2D eigenvalue weighted by atomic mass is 10.2. The van der Waals surface area contributed by atoms with Crippen LogP contribution in [0.5, 0.6) is 0 Å². The summed E-state index contributed by atoms with van der Waals surface area (Å²) >= 11 is 6.27. The average Bonchev–Trinajstić information content (AvgIpc) is 2.98. The molecule has 2 aromatic rings. The Hall–Kier alpha value is -1.59. The van der Waals surface area contributed by atoms with Crippen molar-refractivity contribution in [3.8, 4) is 0 Å². The molecular weight excluding hydrogens is 300 g/mol. The molecule has 1 fully saturated rings. The Bertz CT molecular complexity index is 620. The van der Waals surface area contributed by atoms with Gasteiger partial charge in [0.15, 0.2) is 5.82 Å². The van der Waals surface area contributed by atoms with Gasteiger partial charge in [0.25, 0.3) is 0 Å². The molecule has 1 saturated heterocycles. The fraction of sp³-hybridized carbons (Fsp3) is 0.500. The number of para-hydroxylation sites is 1. The molecule has 0 radical (unpaired) electrons. The average molecular weight is 321 g/mol. The minimum absolute atomic E-state index is 0.301. The number of hydrogen-bond donors (Lipinski definition) is 0. The van der Waals surface area contributed by atoms with E-state index < -0.39 is 0 Å². The van der Waals surface area contributed by atoms with Gasteiger partial charge < -0.3 is 9.42 Å². The topological polar surface area (TPSA) is 45.4 Å². The van der Waals surface area contributed by atoms with Crippen LogP contribution in [0.15, 0.2) is 28.8 Å². The monoisotopic (exact) mass is 320 g/mol. The van der Waals surface area contributed by atoms with Crippen LogP contribution in [-0.2, 0) is 6.54 Å². The van der Waals surface area contributed by atoms with Gasteiger partial charge in [0.2, 0.25) is 5.89 Å². The van der Waals surface area contributed by atoms with Crippen molar-refractivity contribution < 1.29 is 4.52 Å². The first kappa shape index (κ1) is 15.3. The zero-order valence-electron chi connectivity index (χ0n) is 13.0. The predicted octanol–water partition coefficient (Wildman–Crippen LogP) is 3.17. The minimum atomic E-state index is 0.301. The molecule has 1 aromatic heterocycles. The van der Waals surface area contributed by atoms with Crippen molar-refractivity contribution in [2.75, 3.05) is 31.1 Å². The van der Waals surface area contributed by atoms with Gasteiger partial charge in [-0.15, -0.1) is 0 Å². The summed E-state index contributed by atoms with van der Waals surface area (Å²) in [6.07, 6.45) is 0. The molecule has 0 aliphatic carbocycles. The van der Waals surface area contributed by atoms with Gasteiger partial charge in [0, 0.05) is 32.1 Å². The number of hydrogen-bond acceptors (Lipinski definition) is 5. The number of aromatic nitrogens is 2. The van der Waals surface area contributed by atoms with Gasteiger partial charge >= 0.3 is 0 Å². The first-order chi connectivity index (χ1) is 10.6. The first-order valence-electron chi connectivity index (χ1n) is 7.68. The molecule has 0 bridgehead atoms. The summed E-state index contributed by atoms with van der Waals surface area (Å²) in [6.45, 7) is 8.68. The number of benzene rings is 1. The third-order valence-electron chi connectivity index (χ3n) is 3.92. The first-order valence-corrected chi connectivity index (χ1v) is 8.05. The van der Waals surface area contributed by atoms with Crippen LogP contribution in [0.3, 0.4) is 0 Å². The highest BCUT2D eigenvalue weighted by atomic mass is 35.5. The second kappa shape index (κ2) is 6.67. The Morgan fingerprint density at radius 3 is 2.55 bits per heavy atom. The van der Waals surface area contributed by atoms with Crippen LogP contribution in [0.4, 0.5) is 5.69 Å². The van der Waals surface area contributed by atoms with Gasteiger partial charge in [-0.05, 0) is 12.1 Å². The highest BCUT2D eigenvalue weighted by Crippen LogP contribution is 2.26. The molecule has 0 spiro atoms. The van der Waals surface area contributed by atoms with Gasteiger partial charge in [-0.2, -0.15) is 4.98 Å². The Morgan fingerprint density at radius 1 is 1.18 bits per heavy atom. The van der Waals surface area contributed by atoms with Crippen LogP contribution in [0.25, 0.3) is 0 Å². The van der Waals surface area contributed by atoms with Crippen LogP contribution < -0.4 is 4.90 Å². The lowest BCUT2D eigenvalue weighted by Gasteiger charge is -2.35. The second-order valence-corrected chi connectivity index (χ2v) is 6.32. The van der Waals surface area contributed by atoms with E-state index in [2.05, 4.69) is 39.9 Å². The van der Waals surface area contributed by atoms with Crippen molar-refractivity contribution in [3.63, 3.8) is 0 Å². The number of anilines is 1. The Balaban J connectivity index is 1.56. The fourth-order valence-corrected chi connectivity index (χ4v) is 2.87. The molecule has 5 nitrogen and oxygen atoms in total.